The number of aromatic nitrogens is 2. The van der Waals surface area contributed by atoms with Gasteiger partial charge in [-0.05, 0) is 33.2 Å². The molecular formula is C18H24N4O3. The Morgan fingerprint density at radius 1 is 1.44 bits per heavy atom. The zero-order chi connectivity index (χ0) is 17.6. The molecule has 1 amide bonds. The summed E-state index contributed by atoms with van der Waals surface area (Å²) in [6.45, 7) is 5.77. The van der Waals surface area contributed by atoms with Crippen LogP contribution >= 0.6 is 0 Å². The predicted molar refractivity (Wildman–Crippen MR) is 89.4 cm³/mol. The first-order valence-corrected chi connectivity index (χ1v) is 9.03. The molecular weight excluding hydrogens is 320 g/mol. The highest BCUT2D eigenvalue weighted by atomic mass is 16.6. The normalized spacial score (nSPS) is 27.9. The third-order valence-electron chi connectivity index (χ3n) is 5.52. The number of hydrogen-bond acceptors (Lipinski definition) is 6. The van der Waals surface area contributed by atoms with Crippen LogP contribution in [0.25, 0.3) is 0 Å². The predicted octanol–water partition coefficient (Wildman–Crippen LogP) is 1.13. The number of amides is 1. The second-order valence-electron chi connectivity index (χ2n) is 7.69. The Labute approximate surface area is 147 Å². The fourth-order valence-corrected chi connectivity index (χ4v) is 4.02. The van der Waals surface area contributed by atoms with Crippen molar-refractivity contribution in [1.29, 1.82) is 0 Å². The summed E-state index contributed by atoms with van der Waals surface area (Å²) in [6, 6.07) is 0.257. The topological polar surface area (TPSA) is 84.4 Å². The molecule has 0 radical (unpaired) electrons. The van der Waals surface area contributed by atoms with Crippen LogP contribution in [0.3, 0.4) is 0 Å². The lowest BCUT2D eigenvalue weighted by molar-refractivity contribution is -0.149. The van der Waals surface area contributed by atoms with Crippen LogP contribution in [0.1, 0.15) is 56.2 Å². The van der Waals surface area contributed by atoms with Gasteiger partial charge in [0.15, 0.2) is 0 Å². The van der Waals surface area contributed by atoms with Gasteiger partial charge in [-0.1, -0.05) is 0 Å². The Balaban J connectivity index is 1.49. The lowest BCUT2D eigenvalue weighted by Gasteiger charge is -2.33. The Bertz CT molecular complexity index is 712. The van der Waals surface area contributed by atoms with Gasteiger partial charge in [-0.3, -0.25) is 9.59 Å². The second kappa shape index (κ2) is 6.05. The van der Waals surface area contributed by atoms with Gasteiger partial charge in [0.25, 0.3) is 0 Å². The van der Waals surface area contributed by atoms with Crippen molar-refractivity contribution in [3.8, 4) is 0 Å². The number of rotatable bonds is 2. The maximum Gasteiger partial charge on any atom is 0.307 e. The summed E-state index contributed by atoms with van der Waals surface area (Å²) >= 11 is 0. The number of carbonyl (C=O) groups is 2. The summed E-state index contributed by atoms with van der Waals surface area (Å²) in [6.07, 6.45) is 4.99. The van der Waals surface area contributed by atoms with E-state index in [0.29, 0.717) is 13.1 Å². The minimum absolute atomic E-state index is 0.0111. The lowest BCUT2D eigenvalue weighted by atomic mass is 9.89. The van der Waals surface area contributed by atoms with Gasteiger partial charge in [0.05, 0.1) is 24.1 Å². The Morgan fingerprint density at radius 2 is 2.28 bits per heavy atom. The first kappa shape index (κ1) is 16.4. The molecule has 3 aliphatic rings. The summed E-state index contributed by atoms with van der Waals surface area (Å²) in [7, 11) is 0. The van der Waals surface area contributed by atoms with Crippen molar-refractivity contribution in [3.05, 3.63) is 23.3 Å². The number of nitrogens with zero attached hydrogens (tertiary/aromatic N) is 3. The highest BCUT2D eigenvalue weighted by molar-refractivity contribution is 5.87. The third kappa shape index (κ3) is 3.01. The third-order valence-corrected chi connectivity index (χ3v) is 5.52. The molecule has 2 fully saturated rings. The number of fused-ring (bicyclic) bond motifs is 1. The number of ether oxygens (including phenoxy) is 1. The SMILES string of the molecule is CC1(C)OC(=O)C[C@H]1C(=O)N1CCc2nc([C@@H]3CCCN3)ncc2C1. The van der Waals surface area contributed by atoms with E-state index in [4.69, 9.17) is 9.72 Å². The fraction of sp³-hybridized carbons (Fsp3) is 0.667. The van der Waals surface area contributed by atoms with Crippen LogP contribution in [0, 0.1) is 5.92 Å². The zero-order valence-electron chi connectivity index (χ0n) is 14.7. The molecule has 7 heteroatoms. The van der Waals surface area contributed by atoms with Gasteiger partial charge in [0.2, 0.25) is 5.91 Å². The molecule has 0 spiro atoms. The first-order chi connectivity index (χ1) is 11.9. The summed E-state index contributed by atoms with van der Waals surface area (Å²) in [5.74, 6) is 0.150. The van der Waals surface area contributed by atoms with Gasteiger partial charge in [-0.2, -0.15) is 0 Å². The van der Waals surface area contributed by atoms with Crippen LogP contribution in [-0.2, 0) is 27.3 Å². The quantitative estimate of drug-likeness (QED) is 0.810. The zero-order valence-corrected chi connectivity index (χ0v) is 14.7. The molecule has 0 bridgehead atoms. The largest absolute Gasteiger partial charge is 0.459 e. The molecule has 0 unspecified atom stereocenters. The second-order valence-corrected chi connectivity index (χ2v) is 7.69. The minimum Gasteiger partial charge on any atom is -0.459 e. The highest BCUT2D eigenvalue weighted by Crippen LogP contribution is 2.35. The molecule has 7 nitrogen and oxygen atoms in total. The molecule has 1 N–H and O–H groups in total. The minimum atomic E-state index is -0.733. The van der Waals surface area contributed by atoms with Crippen molar-refractivity contribution in [3.63, 3.8) is 0 Å². The molecule has 0 aromatic carbocycles. The van der Waals surface area contributed by atoms with E-state index >= 15 is 0 Å². The summed E-state index contributed by atoms with van der Waals surface area (Å²) in [5.41, 5.74) is 1.31. The van der Waals surface area contributed by atoms with E-state index < -0.39 is 11.5 Å². The maximum atomic E-state index is 12.9. The van der Waals surface area contributed by atoms with E-state index in [9.17, 15) is 9.59 Å². The molecule has 25 heavy (non-hydrogen) atoms. The van der Waals surface area contributed by atoms with Crippen LogP contribution in [0.15, 0.2) is 6.20 Å². The molecule has 2 atom stereocenters. The average molecular weight is 344 g/mol. The van der Waals surface area contributed by atoms with Crippen molar-refractivity contribution in [2.24, 2.45) is 5.92 Å². The van der Waals surface area contributed by atoms with Crippen LogP contribution in [0.2, 0.25) is 0 Å². The van der Waals surface area contributed by atoms with E-state index in [2.05, 4.69) is 10.3 Å². The van der Waals surface area contributed by atoms with Crippen LogP contribution in [0.5, 0.6) is 0 Å². The van der Waals surface area contributed by atoms with Crippen LogP contribution < -0.4 is 5.32 Å². The number of nitrogens with one attached hydrogen (secondary N) is 1. The molecule has 4 heterocycles. The van der Waals surface area contributed by atoms with Gasteiger partial charge in [0, 0.05) is 31.3 Å². The van der Waals surface area contributed by atoms with Crippen LogP contribution in [0.4, 0.5) is 0 Å². The maximum absolute atomic E-state index is 12.9. The van der Waals surface area contributed by atoms with E-state index in [-0.39, 0.29) is 24.3 Å². The summed E-state index contributed by atoms with van der Waals surface area (Å²) in [4.78, 5) is 35.6. The standard InChI is InChI=1S/C18H24N4O3/c1-18(2)12(8-15(23)25-18)17(24)22-7-5-13-11(10-22)9-20-16(21-13)14-4-3-6-19-14/h9,12,14,19H,3-8,10H2,1-2H3/t12-,14-/m0/s1. The van der Waals surface area contributed by atoms with E-state index in [1.165, 1.54) is 0 Å². The van der Waals surface area contributed by atoms with Crippen molar-refractivity contribution in [2.75, 3.05) is 13.1 Å². The molecule has 3 aliphatic heterocycles. The van der Waals surface area contributed by atoms with Crippen molar-refractivity contribution in [1.82, 2.24) is 20.2 Å². The number of esters is 1. The summed E-state index contributed by atoms with van der Waals surface area (Å²) in [5, 5.41) is 3.42. The molecule has 0 saturated carbocycles. The van der Waals surface area contributed by atoms with Crippen molar-refractivity contribution < 1.29 is 14.3 Å². The molecule has 1 aromatic rings. The van der Waals surface area contributed by atoms with Gasteiger partial charge >= 0.3 is 5.97 Å². The Morgan fingerprint density at radius 3 is 2.96 bits per heavy atom. The first-order valence-electron chi connectivity index (χ1n) is 9.03. The number of hydrogen-bond donors (Lipinski definition) is 1. The molecule has 4 rings (SSSR count). The Hall–Kier alpha value is -2.02. The fourth-order valence-electron chi connectivity index (χ4n) is 4.02. The summed E-state index contributed by atoms with van der Waals surface area (Å²) < 4.78 is 5.30. The van der Waals surface area contributed by atoms with E-state index in [1.54, 1.807) is 0 Å². The van der Waals surface area contributed by atoms with E-state index in [0.717, 1.165) is 42.9 Å². The van der Waals surface area contributed by atoms with E-state index in [1.807, 2.05) is 24.9 Å². The highest BCUT2D eigenvalue weighted by Gasteiger charge is 2.47. The van der Waals surface area contributed by atoms with Crippen molar-refractivity contribution >= 4 is 11.9 Å². The lowest BCUT2D eigenvalue weighted by Crippen LogP contribution is -2.45. The molecule has 1 aromatic heterocycles. The Kier molecular flexibility index (Phi) is 3.98. The van der Waals surface area contributed by atoms with Gasteiger partial charge < -0.3 is 15.0 Å². The van der Waals surface area contributed by atoms with Crippen molar-refractivity contribution in [2.45, 2.75) is 57.7 Å². The monoisotopic (exact) mass is 344 g/mol. The molecule has 2 saturated heterocycles. The smallest absolute Gasteiger partial charge is 0.307 e. The molecule has 134 valence electrons. The average Bonchev–Trinajstić information content (AvgIpc) is 3.20. The van der Waals surface area contributed by atoms with Gasteiger partial charge in [-0.25, -0.2) is 9.97 Å². The molecule has 0 aliphatic carbocycles. The number of cyclic esters (lactones) is 1. The number of carbonyl (C=O) groups excluding carboxylic acids is 2. The van der Waals surface area contributed by atoms with Gasteiger partial charge in [-0.15, -0.1) is 0 Å². The van der Waals surface area contributed by atoms with Gasteiger partial charge in [0.1, 0.15) is 11.4 Å². The van der Waals surface area contributed by atoms with Crippen LogP contribution in [-0.4, -0.2) is 45.4 Å².